The number of fused-ring (bicyclic) bond motifs is 1. The Labute approximate surface area is 74.8 Å². The van der Waals surface area contributed by atoms with Gasteiger partial charge >= 0.3 is 0 Å². The van der Waals surface area contributed by atoms with Gasteiger partial charge in [0, 0.05) is 0 Å². The maximum Gasteiger partial charge on any atom is 0.277 e. The maximum absolute atomic E-state index is 11.3. The summed E-state index contributed by atoms with van der Waals surface area (Å²) in [7, 11) is -3.57. The van der Waals surface area contributed by atoms with Crippen molar-refractivity contribution in [2.24, 2.45) is 5.10 Å². The number of phenolic OH excluding ortho intramolecular Hbond substituents is 1. The van der Waals surface area contributed by atoms with Crippen LogP contribution in [0.4, 0.5) is 0 Å². The Morgan fingerprint density at radius 2 is 2.15 bits per heavy atom. The standard InChI is InChI=1S/C7H6N2O3S/c10-6-2-1-3-7-5(6)4-8-9-13(7,11)12/h1-4,9-10H. The Kier molecular flexibility index (Phi) is 1.53. The van der Waals surface area contributed by atoms with Crippen LogP contribution >= 0.6 is 0 Å². The van der Waals surface area contributed by atoms with Crippen molar-refractivity contribution in [1.29, 1.82) is 0 Å². The Balaban J connectivity index is 2.82. The smallest absolute Gasteiger partial charge is 0.277 e. The molecule has 0 unspecified atom stereocenters. The molecule has 0 fully saturated rings. The normalized spacial score (nSPS) is 17.5. The van der Waals surface area contributed by atoms with Gasteiger partial charge in [-0.3, -0.25) is 0 Å². The van der Waals surface area contributed by atoms with Crippen LogP contribution in [0, 0.1) is 0 Å². The van der Waals surface area contributed by atoms with Crippen LogP contribution in [0.2, 0.25) is 0 Å². The Bertz CT molecular complexity index is 479. The lowest BCUT2D eigenvalue weighted by atomic mass is 10.2. The van der Waals surface area contributed by atoms with E-state index in [4.69, 9.17) is 0 Å². The highest BCUT2D eigenvalue weighted by Crippen LogP contribution is 2.24. The molecule has 1 aliphatic heterocycles. The topological polar surface area (TPSA) is 78.8 Å². The predicted molar refractivity (Wildman–Crippen MR) is 46.0 cm³/mol. The molecule has 0 aromatic heterocycles. The van der Waals surface area contributed by atoms with Gasteiger partial charge in [-0.25, -0.2) is 4.83 Å². The molecule has 0 atom stereocenters. The van der Waals surface area contributed by atoms with Crippen LogP contribution in [0.3, 0.4) is 0 Å². The van der Waals surface area contributed by atoms with E-state index in [1.165, 1.54) is 24.4 Å². The molecular weight excluding hydrogens is 192 g/mol. The molecule has 5 nitrogen and oxygen atoms in total. The van der Waals surface area contributed by atoms with E-state index in [1.54, 1.807) is 0 Å². The van der Waals surface area contributed by atoms with Gasteiger partial charge in [-0.15, -0.1) is 0 Å². The Morgan fingerprint density at radius 3 is 2.85 bits per heavy atom. The molecule has 0 radical (unpaired) electrons. The first kappa shape index (κ1) is 8.06. The van der Waals surface area contributed by atoms with Crippen molar-refractivity contribution in [3.63, 3.8) is 0 Å². The van der Waals surface area contributed by atoms with E-state index >= 15 is 0 Å². The molecule has 6 heteroatoms. The van der Waals surface area contributed by atoms with Gasteiger partial charge in [-0.05, 0) is 12.1 Å². The molecule has 0 bridgehead atoms. The summed E-state index contributed by atoms with van der Waals surface area (Å²) in [5.74, 6) is -0.0914. The van der Waals surface area contributed by atoms with Gasteiger partial charge in [0.25, 0.3) is 10.0 Å². The van der Waals surface area contributed by atoms with E-state index < -0.39 is 10.0 Å². The van der Waals surface area contributed by atoms with Crippen molar-refractivity contribution in [2.45, 2.75) is 4.90 Å². The van der Waals surface area contributed by atoms with Gasteiger partial charge in [0.2, 0.25) is 0 Å². The summed E-state index contributed by atoms with van der Waals surface area (Å²) < 4.78 is 22.6. The van der Waals surface area contributed by atoms with Crippen LogP contribution < -0.4 is 4.83 Å². The number of phenols is 1. The fourth-order valence-electron chi connectivity index (χ4n) is 1.11. The quantitative estimate of drug-likeness (QED) is 0.616. The average molecular weight is 198 g/mol. The molecule has 1 aromatic rings. The molecule has 2 rings (SSSR count). The van der Waals surface area contributed by atoms with Gasteiger partial charge in [-0.2, -0.15) is 13.5 Å². The third kappa shape index (κ3) is 1.15. The van der Waals surface area contributed by atoms with Crippen molar-refractivity contribution < 1.29 is 13.5 Å². The third-order valence-electron chi connectivity index (χ3n) is 1.70. The molecule has 1 aromatic carbocycles. The second-order valence-corrected chi connectivity index (χ2v) is 4.17. The molecule has 13 heavy (non-hydrogen) atoms. The van der Waals surface area contributed by atoms with Gasteiger partial charge in [-0.1, -0.05) is 6.07 Å². The van der Waals surface area contributed by atoms with Crippen LogP contribution in [-0.2, 0) is 10.0 Å². The summed E-state index contributed by atoms with van der Waals surface area (Å²) in [6, 6.07) is 4.28. The van der Waals surface area contributed by atoms with Crippen molar-refractivity contribution in [3.8, 4) is 5.75 Å². The molecule has 0 saturated heterocycles. The van der Waals surface area contributed by atoms with E-state index in [0.717, 1.165) is 0 Å². The van der Waals surface area contributed by atoms with Gasteiger partial charge in [0.1, 0.15) is 10.6 Å². The fourth-order valence-corrected chi connectivity index (χ4v) is 2.10. The van der Waals surface area contributed by atoms with Crippen LogP contribution in [0.5, 0.6) is 5.75 Å². The number of nitrogens with zero attached hydrogens (tertiary/aromatic N) is 1. The van der Waals surface area contributed by atoms with Crippen LogP contribution in [-0.4, -0.2) is 19.7 Å². The lowest BCUT2D eigenvalue weighted by Crippen LogP contribution is -2.23. The number of hydrazone groups is 1. The molecule has 2 N–H and O–H groups in total. The Morgan fingerprint density at radius 1 is 1.38 bits per heavy atom. The summed E-state index contributed by atoms with van der Waals surface area (Å²) in [6.07, 6.45) is 1.27. The van der Waals surface area contributed by atoms with E-state index in [9.17, 15) is 13.5 Å². The molecule has 68 valence electrons. The molecule has 1 heterocycles. The zero-order valence-electron chi connectivity index (χ0n) is 6.43. The molecular formula is C7H6N2O3S. The van der Waals surface area contributed by atoms with E-state index in [2.05, 4.69) is 5.10 Å². The number of rotatable bonds is 0. The molecule has 0 spiro atoms. The zero-order valence-corrected chi connectivity index (χ0v) is 7.25. The van der Waals surface area contributed by atoms with E-state index in [-0.39, 0.29) is 16.2 Å². The minimum atomic E-state index is -3.57. The molecule has 0 amide bonds. The van der Waals surface area contributed by atoms with Crippen LogP contribution in [0.25, 0.3) is 0 Å². The van der Waals surface area contributed by atoms with E-state index in [0.29, 0.717) is 0 Å². The van der Waals surface area contributed by atoms with Gasteiger partial charge in [0.05, 0.1) is 11.8 Å². The fraction of sp³-hybridized carbons (Fsp3) is 0. The summed E-state index contributed by atoms with van der Waals surface area (Å²) in [5.41, 5.74) is 0.223. The van der Waals surface area contributed by atoms with Crippen LogP contribution in [0.1, 0.15) is 5.56 Å². The first-order valence-electron chi connectivity index (χ1n) is 3.48. The minimum absolute atomic E-state index is 0.0440. The summed E-state index contributed by atoms with van der Waals surface area (Å²) in [6.45, 7) is 0. The minimum Gasteiger partial charge on any atom is -0.507 e. The summed E-state index contributed by atoms with van der Waals surface area (Å²) in [5, 5.41) is 12.7. The highest BCUT2D eigenvalue weighted by atomic mass is 32.2. The summed E-state index contributed by atoms with van der Waals surface area (Å²) in [4.78, 5) is 2.02. The largest absolute Gasteiger partial charge is 0.507 e. The number of nitrogens with one attached hydrogen (secondary N) is 1. The zero-order chi connectivity index (χ0) is 9.47. The average Bonchev–Trinajstić information content (AvgIpc) is 2.06. The number of sulfonamides is 1. The maximum atomic E-state index is 11.3. The van der Waals surface area contributed by atoms with Crippen molar-refractivity contribution in [2.75, 3.05) is 0 Å². The van der Waals surface area contributed by atoms with E-state index in [1.807, 2.05) is 4.83 Å². The van der Waals surface area contributed by atoms with Crippen molar-refractivity contribution in [3.05, 3.63) is 23.8 Å². The molecule has 0 aliphatic carbocycles. The second kappa shape index (κ2) is 2.46. The summed E-state index contributed by atoms with van der Waals surface area (Å²) >= 11 is 0. The van der Waals surface area contributed by atoms with Gasteiger partial charge < -0.3 is 5.11 Å². The highest BCUT2D eigenvalue weighted by molar-refractivity contribution is 7.89. The first-order valence-corrected chi connectivity index (χ1v) is 4.96. The predicted octanol–water partition coefficient (Wildman–Crippen LogP) is 0.0180. The number of aromatic hydroxyl groups is 1. The molecule has 1 aliphatic rings. The van der Waals surface area contributed by atoms with Gasteiger partial charge in [0.15, 0.2) is 0 Å². The number of hydrogen-bond donors (Lipinski definition) is 2. The number of benzene rings is 1. The van der Waals surface area contributed by atoms with Crippen LogP contribution in [0.15, 0.2) is 28.2 Å². The SMILES string of the molecule is O=S1(=O)NN=Cc2c(O)cccc21. The van der Waals surface area contributed by atoms with Crippen molar-refractivity contribution in [1.82, 2.24) is 4.83 Å². The monoisotopic (exact) mass is 198 g/mol. The lowest BCUT2D eigenvalue weighted by molar-refractivity contribution is 0.471. The molecule has 0 saturated carbocycles. The highest BCUT2D eigenvalue weighted by Gasteiger charge is 2.22. The lowest BCUT2D eigenvalue weighted by Gasteiger charge is -2.11. The Hall–Kier alpha value is -1.56. The van der Waals surface area contributed by atoms with Crippen molar-refractivity contribution >= 4 is 16.2 Å². The third-order valence-corrected chi connectivity index (χ3v) is 2.98. The second-order valence-electron chi connectivity index (χ2n) is 2.54. The first-order chi connectivity index (χ1) is 6.11. The number of hydrogen-bond acceptors (Lipinski definition) is 4.